The van der Waals surface area contributed by atoms with Gasteiger partial charge in [-0.2, -0.15) is 13.2 Å². The fourth-order valence-electron chi connectivity index (χ4n) is 3.90. The van der Waals surface area contributed by atoms with Gasteiger partial charge in [0.25, 0.3) is 5.56 Å². The number of carbonyl (C=O) groups is 1. The molecular weight excluding hydrogens is 485 g/mol. The first-order valence-corrected chi connectivity index (χ1v) is 11.7. The molecule has 0 bridgehead atoms. The number of amides is 1. The smallest absolute Gasteiger partial charge is 0.320 e. The third-order valence-corrected chi connectivity index (χ3v) is 5.78. The molecule has 0 atom stereocenters. The van der Waals surface area contributed by atoms with Crippen LogP contribution in [0.15, 0.2) is 53.3 Å². The summed E-state index contributed by atoms with van der Waals surface area (Å²) in [4.78, 5) is 42.5. The summed E-state index contributed by atoms with van der Waals surface area (Å²) in [6, 6.07) is 12.6. The van der Waals surface area contributed by atoms with Gasteiger partial charge in [-0.1, -0.05) is 44.2 Å². The first-order chi connectivity index (χ1) is 17.6. The van der Waals surface area contributed by atoms with Crippen LogP contribution >= 0.6 is 0 Å². The topological polar surface area (TPSA) is 104 Å². The molecule has 4 rings (SSSR count). The van der Waals surface area contributed by atoms with Crippen molar-refractivity contribution < 1.29 is 18.0 Å². The molecule has 0 unspecified atom stereocenters. The number of aromatic amines is 1. The van der Waals surface area contributed by atoms with Gasteiger partial charge in [0.15, 0.2) is 5.65 Å². The van der Waals surface area contributed by atoms with Crippen LogP contribution < -0.4 is 10.9 Å². The zero-order chi connectivity index (χ0) is 26.7. The molecule has 0 saturated heterocycles. The largest absolute Gasteiger partial charge is 0.433 e. The second-order valence-corrected chi connectivity index (χ2v) is 8.42. The molecule has 0 spiro atoms. The lowest BCUT2D eigenvalue weighted by atomic mass is 10.0. The number of alkyl halides is 3. The number of hydrogen-bond donors (Lipinski definition) is 2. The highest BCUT2D eigenvalue weighted by atomic mass is 19.4. The fourth-order valence-corrected chi connectivity index (χ4v) is 3.90. The first-order valence-electron chi connectivity index (χ1n) is 11.7. The highest BCUT2D eigenvalue weighted by molar-refractivity contribution is 5.94. The minimum atomic E-state index is -4.65. The summed E-state index contributed by atoms with van der Waals surface area (Å²) in [6.45, 7) is 6.75. The quantitative estimate of drug-likeness (QED) is 0.375. The van der Waals surface area contributed by atoms with E-state index in [4.69, 9.17) is 0 Å². The Hall–Kier alpha value is -4.12. The number of anilines is 1. The Bertz CT molecular complexity index is 1500. The average molecular weight is 511 g/mol. The Labute approximate surface area is 210 Å². The maximum atomic E-state index is 13.5. The van der Waals surface area contributed by atoms with Crippen molar-refractivity contribution in [3.63, 3.8) is 0 Å². The van der Waals surface area contributed by atoms with Crippen LogP contribution in [0.5, 0.6) is 0 Å². The molecule has 8 nitrogen and oxygen atoms in total. The molecule has 0 fully saturated rings. The Morgan fingerprint density at radius 2 is 1.65 bits per heavy atom. The number of likely N-dealkylation sites (N-methyl/N-ethyl adjacent to an activating group) is 1. The molecule has 4 aromatic rings. The number of pyridine rings is 2. The van der Waals surface area contributed by atoms with Crippen LogP contribution in [-0.4, -0.2) is 50.4 Å². The molecular formula is C26H25F3N6O2. The SMILES string of the molecule is CCN(CC)CC(=O)Nc1cc2nc(-c3cc(C)nc(C(F)(F)F)c3)c(-c3ccccc3)nc2[nH]c1=O. The molecule has 0 saturated carbocycles. The van der Waals surface area contributed by atoms with Crippen molar-refractivity contribution in [2.75, 3.05) is 25.0 Å². The van der Waals surface area contributed by atoms with Crippen LogP contribution in [0.3, 0.4) is 0 Å². The summed E-state index contributed by atoms with van der Waals surface area (Å²) in [7, 11) is 0. The van der Waals surface area contributed by atoms with E-state index in [-0.39, 0.29) is 46.3 Å². The summed E-state index contributed by atoms with van der Waals surface area (Å²) in [5.74, 6) is -0.373. The minimum absolute atomic E-state index is 0.0285. The Kier molecular flexibility index (Phi) is 7.35. The summed E-state index contributed by atoms with van der Waals surface area (Å²) in [5, 5.41) is 2.59. The summed E-state index contributed by atoms with van der Waals surface area (Å²) >= 11 is 0. The van der Waals surface area contributed by atoms with Crippen LogP contribution in [0.1, 0.15) is 25.2 Å². The molecule has 3 heterocycles. The molecule has 3 aromatic heterocycles. The van der Waals surface area contributed by atoms with Crippen LogP contribution in [0.2, 0.25) is 0 Å². The Morgan fingerprint density at radius 1 is 0.973 bits per heavy atom. The maximum Gasteiger partial charge on any atom is 0.433 e. The molecule has 1 aromatic carbocycles. The average Bonchev–Trinajstić information content (AvgIpc) is 2.86. The summed E-state index contributed by atoms with van der Waals surface area (Å²) in [6.07, 6.45) is -4.65. The lowest BCUT2D eigenvalue weighted by Gasteiger charge is -2.17. The number of halogens is 3. The van der Waals surface area contributed by atoms with Crippen molar-refractivity contribution in [1.82, 2.24) is 24.8 Å². The monoisotopic (exact) mass is 510 g/mol. The number of H-pyrrole nitrogens is 1. The van der Waals surface area contributed by atoms with E-state index in [1.165, 1.54) is 19.1 Å². The predicted molar refractivity (Wildman–Crippen MR) is 135 cm³/mol. The van der Waals surface area contributed by atoms with Gasteiger partial charge in [0, 0.05) is 16.8 Å². The normalized spacial score (nSPS) is 11.8. The van der Waals surface area contributed by atoms with Gasteiger partial charge in [-0.05, 0) is 38.2 Å². The van der Waals surface area contributed by atoms with E-state index in [0.29, 0.717) is 24.3 Å². The van der Waals surface area contributed by atoms with Gasteiger partial charge in [0.1, 0.15) is 16.9 Å². The number of aryl methyl sites for hydroxylation is 1. The number of benzene rings is 1. The van der Waals surface area contributed by atoms with Gasteiger partial charge in [0.05, 0.1) is 17.9 Å². The second-order valence-electron chi connectivity index (χ2n) is 8.42. The number of nitrogens with one attached hydrogen (secondary N) is 2. The highest BCUT2D eigenvalue weighted by Gasteiger charge is 2.33. The van der Waals surface area contributed by atoms with Gasteiger partial charge in [-0.25, -0.2) is 15.0 Å². The third kappa shape index (κ3) is 5.83. The van der Waals surface area contributed by atoms with E-state index in [1.54, 1.807) is 30.3 Å². The second kappa shape index (κ2) is 10.5. The fraction of sp³-hybridized carbons (Fsp3) is 0.269. The van der Waals surface area contributed by atoms with Crippen molar-refractivity contribution in [3.05, 3.63) is 70.3 Å². The minimum Gasteiger partial charge on any atom is -0.320 e. The summed E-state index contributed by atoms with van der Waals surface area (Å²) in [5.41, 5.74) is 0.110. The van der Waals surface area contributed by atoms with Gasteiger partial charge >= 0.3 is 6.18 Å². The van der Waals surface area contributed by atoms with Crippen LogP contribution in [0.25, 0.3) is 33.7 Å². The van der Waals surface area contributed by atoms with Crippen molar-refractivity contribution in [1.29, 1.82) is 0 Å². The van der Waals surface area contributed by atoms with Gasteiger partial charge in [0.2, 0.25) is 5.91 Å². The number of nitrogens with zero attached hydrogens (tertiary/aromatic N) is 4. The lowest BCUT2D eigenvalue weighted by Crippen LogP contribution is -2.34. The van der Waals surface area contributed by atoms with Gasteiger partial charge in [-0.3, -0.25) is 14.5 Å². The summed E-state index contributed by atoms with van der Waals surface area (Å²) < 4.78 is 40.6. The third-order valence-electron chi connectivity index (χ3n) is 5.78. The number of aromatic nitrogens is 4. The molecule has 0 aliphatic heterocycles. The number of carbonyl (C=O) groups excluding carboxylic acids is 1. The lowest BCUT2D eigenvalue weighted by molar-refractivity contribution is -0.141. The number of fused-ring (bicyclic) bond motifs is 1. The standard InChI is InChI=1S/C26H25F3N6O2/c1-4-35(5-2)14-21(36)31-19-13-18-24(34-25(19)37)33-22(16-9-7-6-8-10-16)23(32-18)17-11-15(3)30-20(12-17)26(27,28)29/h6-13H,4-5,14H2,1-3H3,(H,31,36)(H,33,34,37). The van der Waals surface area contributed by atoms with E-state index >= 15 is 0 Å². The molecule has 1 amide bonds. The molecule has 2 N–H and O–H groups in total. The van der Waals surface area contributed by atoms with Crippen LogP contribution in [-0.2, 0) is 11.0 Å². The van der Waals surface area contributed by atoms with Gasteiger partial charge < -0.3 is 10.3 Å². The molecule has 37 heavy (non-hydrogen) atoms. The first kappa shape index (κ1) is 26.0. The molecule has 192 valence electrons. The van der Waals surface area contributed by atoms with Crippen LogP contribution in [0, 0.1) is 6.92 Å². The number of rotatable bonds is 7. The highest BCUT2D eigenvalue weighted by Crippen LogP contribution is 2.35. The van der Waals surface area contributed by atoms with Crippen molar-refractivity contribution in [2.45, 2.75) is 26.9 Å². The molecule has 0 radical (unpaired) electrons. The van der Waals surface area contributed by atoms with E-state index in [0.717, 1.165) is 6.07 Å². The van der Waals surface area contributed by atoms with Gasteiger partial charge in [-0.15, -0.1) is 0 Å². The van der Waals surface area contributed by atoms with Crippen molar-refractivity contribution in [2.24, 2.45) is 0 Å². The maximum absolute atomic E-state index is 13.5. The zero-order valence-corrected chi connectivity index (χ0v) is 20.5. The van der Waals surface area contributed by atoms with E-state index in [2.05, 4.69) is 25.3 Å². The Balaban J connectivity index is 1.88. The predicted octanol–water partition coefficient (Wildman–Crippen LogP) is 4.65. The van der Waals surface area contributed by atoms with E-state index in [1.807, 2.05) is 18.7 Å². The van der Waals surface area contributed by atoms with E-state index < -0.39 is 17.4 Å². The zero-order valence-electron chi connectivity index (χ0n) is 20.5. The molecule has 11 heteroatoms. The van der Waals surface area contributed by atoms with Crippen molar-refractivity contribution >= 4 is 22.8 Å². The van der Waals surface area contributed by atoms with Crippen molar-refractivity contribution in [3.8, 4) is 22.5 Å². The van der Waals surface area contributed by atoms with Crippen LogP contribution in [0.4, 0.5) is 18.9 Å². The number of hydrogen-bond acceptors (Lipinski definition) is 6. The molecule has 0 aliphatic carbocycles. The van der Waals surface area contributed by atoms with E-state index in [9.17, 15) is 22.8 Å². The Morgan fingerprint density at radius 3 is 2.30 bits per heavy atom. The molecule has 0 aliphatic rings.